The molecule has 1 aromatic heterocycles. The van der Waals surface area contributed by atoms with Crippen LogP contribution in [0.5, 0.6) is 5.75 Å². The van der Waals surface area contributed by atoms with Crippen LogP contribution in [0.4, 0.5) is 0 Å². The van der Waals surface area contributed by atoms with Gasteiger partial charge in [-0.1, -0.05) is 53.5 Å². The van der Waals surface area contributed by atoms with Crippen LogP contribution in [0.15, 0.2) is 88.9 Å². The van der Waals surface area contributed by atoms with Crippen LogP contribution in [0, 0.1) is 0 Å². The fourth-order valence-corrected chi connectivity index (χ4v) is 3.71. The number of furan rings is 1. The zero-order valence-electron chi connectivity index (χ0n) is 17.6. The van der Waals surface area contributed by atoms with Crippen LogP contribution >= 0.6 is 23.2 Å². The molecule has 0 unspecified atom stereocenters. The van der Waals surface area contributed by atoms with Crippen molar-refractivity contribution in [2.45, 2.75) is 13.0 Å². The molecule has 0 bridgehead atoms. The number of benzene rings is 3. The molecule has 166 valence electrons. The predicted octanol–water partition coefficient (Wildman–Crippen LogP) is 6.81. The highest BCUT2D eigenvalue weighted by Gasteiger charge is 2.11. The van der Waals surface area contributed by atoms with Crippen LogP contribution in [0.3, 0.4) is 0 Å². The van der Waals surface area contributed by atoms with Crippen LogP contribution in [-0.4, -0.2) is 12.1 Å². The van der Waals surface area contributed by atoms with Gasteiger partial charge >= 0.3 is 5.91 Å². The third-order valence-electron chi connectivity index (χ3n) is 4.88. The van der Waals surface area contributed by atoms with E-state index in [1.54, 1.807) is 36.6 Å². The Kier molecular flexibility index (Phi) is 7.13. The summed E-state index contributed by atoms with van der Waals surface area (Å²) < 4.78 is 11.5. The maximum absolute atomic E-state index is 12.3. The van der Waals surface area contributed by atoms with E-state index in [2.05, 4.69) is 17.1 Å². The van der Waals surface area contributed by atoms with Crippen molar-refractivity contribution < 1.29 is 13.9 Å². The summed E-state index contributed by atoms with van der Waals surface area (Å²) in [4.78, 5) is 12.3. The van der Waals surface area contributed by atoms with E-state index in [-0.39, 0.29) is 5.76 Å². The molecule has 4 rings (SSSR count). The lowest BCUT2D eigenvalue weighted by atomic mass is 10.1. The Hall–Kier alpha value is -3.54. The molecule has 1 heterocycles. The number of fused-ring (bicyclic) bond motifs is 1. The topological polar surface area (TPSA) is 63.8 Å². The summed E-state index contributed by atoms with van der Waals surface area (Å²) in [5.41, 5.74) is 5.71. The number of rotatable bonds is 8. The van der Waals surface area contributed by atoms with Gasteiger partial charge in [-0.15, -0.1) is 6.58 Å². The van der Waals surface area contributed by atoms with Gasteiger partial charge in [-0.05, 0) is 60.0 Å². The number of ether oxygens (including phenoxy) is 1. The first-order valence-electron chi connectivity index (χ1n) is 10.2. The minimum absolute atomic E-state index is 0.199. The van der Waals surface area contributed by atoms with E-state index in [1.807, 2.05) is 42.5 Å². The summed E-state index contributed by atoms with van der Waals surface area (Å²) in [6.45, 7) is 4.12. The highest BCUT2D eigenvalue weighted by molar-refractivity contribution is 6.35. The SMILES string of the molecule is C=CCc1cc(/C=N/NC(=O)c2cc3ccccc3o2)ccc1OCc1ccc(Cl)cc1Cl. The number of carbonyl (C=O) groups excluding carboxylic acids is 1. The fraction of sp³-hybridized carbons (Fsp3) is 0.0769. The maximum atomic E-state index is 12.3. The monoisotopic (exact) mass is 478 g/mol. The lowest BCUT2D eigenvalue weighted by Gasteiger charge is -2.12. The number of nitrogens with zero attached hydrogens (tertiary/aromatic N) is 1. The lowest BCUT2D eigenvalue weighted by Crippen LogP contribution is -2.16. The molecular weight excluding hydrogens is 459 g/mol. The van der Waals surface area contributed by atoms with Gasteiger partial charge in [0.1, 0.15) is 17.9 Å². The van der Waals surface area contributed by atoms with Crippen molar-refractivity contribution in [1.82, 2.24) is 5.43 Å². The smallest absolute Gasteiger partial charge is 0.307 e. The number of carbonyl (C=O) groups is 1. The predicted molar refractivity (Wildman–Crippen MR) is 132 cm³/mol. The number of nitrogens with one attached hydrogen (secondary N) is 1. The Morgan fingerprint density at radius 3 is 2.70 bits per heavy atom. The maximum Gasteiger partial charge on any atom is 0.307 e. The molecule has 0 radical (unpaired) electrons. The largest absolute Gasteiger partial charge is 0.489 e. The zero-order chi connectivity index (χ0) is 23.2. The Morgan fingerprint density at radius 1 is 1.06 bits per heavy atom. The number of amides is 1. The second kappa shape index (κ2) is 10.4. The molecule has 7 heteroatoms. The van der Waals surface area contributed by atoms with Crippen LogP contribution in [-0.2, 0) is 13.0 Å². The van der Waals surface area contributed by atoms with E-state index in [1.165, 1.54) is 0 Å². The van der Waals surface area contributed by atoms with Crippen LogP contribution in [0.1, 0.15) is 27.2 Å². The van der Waals surface area contributed by atoms with Gasteiger partial charge in [-0.25, -0.2) is 5.43 Å². The third kappa shape index (κ3) is 5.64. The minimum atomic E-state index is -0.423. The highest BCUT2D eigenvalue weighted by atomic mass is 35.5. The van der Waals surface area contributed by atoms with E-state index < -0.39 is 5.91 Å². The van der Waals surface area contributed by atoms with Crippen molar-refractivity contribution >= 4 is 46.3 Å². The third-order valence-corrected chi connectivity index (χ3v) is 5.46. The number of hydrogen-bond donors (Lipinski definition) is 1. The molecule has 1 amide bonds. The van der Waals surface area contributed by atoms with E-state index in [4.69, 9.17) is 32.4 Å². The second-order valence-corrected chi connectivity index (χ2v) is 8.08. The van der Waals surface area contributed by atoms with Crippen molar-refractivity contribution in [3.63, 3.8) is 0 Å². The summed E-state index contributed by atoms with van der Waals surface area (Å²) in [7, 11) is 0. The number of hydrazone groups is 1. The molecule has 0 aliphatic rings. The first kappa shape index (κ1) is 22.6. The molecular formula is C26H20Cl2N2O3. The summed E-state index contributed by atoms with van der Waals surface area (Å²) in [6, 6.07) is 20.0. The highest BCUT2D eigenvalue weighted by Crippen LogP contribution is 2.25. The van der Waals surface area contributed by atoms with Gasteiger partial charge in [0.05, 0.1) is 6.21 Å². The molecule has 0 saturated carbocycles. The molecule has 0 atom stereocenters. The molecule has 33 heavy (non-hydrogen) atoms. The molecule has 5 nitrogen and oxygen atoms in total. The van der Waals surface area contributed by atoms with Gasteiger partial charge in [-0.2, -0.15) is 5.10 Å². The van der Waals surface area contributed by atoms with Gasteiger partial charge in [0, 0.05) is 21.0 Å². The molecule has 1 N–H and O–H groups in total. The van der Waals surface area contributed by atoms with E-state index in [0.717, 1.165) is 22.1 Å². The average Bonchev–Trinajstić information content (AvgIpc) is 3.24. The zero-order valence-corrected chi connectivity index (χ0v) is 19.1. The van der Waals surface area contributed by atoms with Crippen LogP contribution in [0.25, 0.3) is 11.0 Å². The standard InChI is InChI=1S/C26H20Cl2N2O3/c1-2-5-18-12-17(8-11-23(18)32-16-20-9-10-21(27)14-22(20)28)15-29-30-26(31)25-13-19-6-3-4-7-24(19)33-25/h2-4,6-15H,1,5,16H2,(H,30,31)/b29-15+. The summed E-state index contributed by atoms with van der Waals surface area (Å²) >= 11 is 12.2. The molecule has 0 aliphatic carbocycles. The van der Waals surface area contributed by atoms with Crippen molar-refractivity contribution in [2.75, 3.05) is 0 Å². The second-order valence-electron chi connectivity index (χ2n) is 7.23. The summed E-state index contributed by atoms with van der Waals surface area (Å²) in [6.07, 6.45) is 3.96. The van der Waals surface area contributed by atoms with Crippen LogP contribution in [0.2, 0.25) is 10.0 Å². The summed E-state index contributed by atoms with van der Waals surface area (Å²) in [5, 5.41) is 6.04. The Balaban J connectivity index is 1.43. The molecule has 3 aromatic carbocycles. The van der Waals surface area contributed by atoms with E-state index in [0.29, 0.717) is 34.4 Å². The molecule has 0 fully saturated rings. The normalized spacial score (nSPS) is 11.1. The Bertz CT molecular complexity index is 1310. The molecule has 0 aliphatic heterocycles. The fourth-order valence-electron chi connectivity index (χ4n) is 3.24. The van der Waals surface area contributed by atoms with Crippen LogP contribution < -0.4 is 10.2 Å². The Labute approximate surface area is 201 Å². The van der Waals surface area contributed by atoms with Crippen molar-refractivity contribution in [3.8, 4) is 5.75 Å². The number of para-hydroxylation sites is 1. The van der Waals surface area contributed by atoms with Gasteiger partial charge in [0.2, 0.25) is 0 Å². The van der Waals surface area contributed by atoms with Gasteiger partial charge in [0.15, 0.2) is 5.76 Å². The summed E-state index contributed by atoms with van der Waals surface area (Å²) in [5.74, 6) is 0.489. The lowest BCUT2D eigenvalue weighted by molar-refractivity contribution is 0.0929. The van der Waals surface area contributed by atoms with Gasteiger partial charge in [0.25, 0.3) is 0 Å². The van der Waals surface area contributed by atoms with Gasteiger partial charge < -0.3 is 9.15 Å². The number of hydrogen-bond acceptors (Lipinski definition) is 4. The first-order valence-corrected chi connectivity index (χ1v) is 10.9. The van der Waals surface area contributed by atoms with Crippen molar-refractivity contribution in [2.24, 2.45) is 5.10 Å². The minimum Gasteiger partial charge on any atom is -0.489 e. The first-order chi connectivity index (χ1) is 16.0. The van der Waals surface area contributed by atoms with Crippen molar-refractivity contribution in [1.29, 1.82) is 0 Å². The van der Waals surface area contributed by atoms with Gasteiger partial charge in [-0.3, -0.25) is 4.79 Å². The molecule has 4 aromatic rings. The quantitative estimate of drug-likeness (QED) is 0.172. The number of halogens is 2. The van der Waals surface area contributed by atoms with E-state index >= 15 is 0 Å². The van der Waals surface area contributed by atoms with Crippen molar-refractivity contribution in [3.05, 3.63) is 112 Å². The van der Waals surface area contributed by atoms with E-state index in [9.17, 15) is 4.79 Å². The Morgan fingerprint density at radius 2 is 1.91 bits per heavy atom. The number of allylic oxidation sites excluding steroid dienone is 1. The molecule has 0 spiro atoms. The average molecular weight is 479 g/mol. The molecule has 0 saturated heterocycles.